The van der Waals surface area contributed by atoms with Crippen LogP contribution in [0.4, 0.5) is 0 Å². The van der Waals surface area contributed by atoms with Gasteiger partial charge in [0.1, 0.15) is 11.2 Å². The molecule has 0 bridgehead atoms. The smallest absolute Gasteiger partial charge is 0.143 e. The first kappa shape index (κ1) is 18.0. The third kappa shape index (κ3) is 4.09. The van der Waals surface area contributed by atoms with E-state index in [1.807, 2.05) is 97.1 Å². The van der Waals surface area contributed by atoms with Gasteiger partial charge in [0.05, 0.1) is 12.3 Å². The van der Waals surface area contributed by atoms with Crippen molar-refractivity contribution in [2.45, 2.75) is 0 Å². The maximum atomic E-state index is 9.32. The summed E-state index contributed by atoms with van der Waals surface area (Å²) >= 11 is 0. The van der Waals surface area contributed by atoms with E-state index in [1.165, 1.54) is 0 Å². The third-order valence-corrected chi connectivity index (χ3v) is 8.43. The molecule has 0 unspecified atom stereocenters. The van der Waals surface area contributed by atoms with Crippen LogP contribution >= 0.6 is 0 Å². The van der Waals surface area contributed by atoms with Gasteiger partial charge in [0.15, 0.2) is 0 Å². The van der Waals surface area contributed by atoms with E-state index in [9.17, 15) is 2.74 Å². The summed E-state index contributed by atoms with van der Waals surface area (Å²) in [5.74, 6) is 0. The van der Waals surface area contributed by atoms with Crippen LogP contribution in [0.5, 0.6) is 0 Å². The van der Waals surface area contributed by atoms with Crippen molar-refractivity contribution in [3.8, 4) is 44.5 Å². The molecule has 1 nitrogen and oxygen atoms in total. The molecule has 8 aromatic carbocycles. The molecule has 0 aliphatic carbocycles. The van der Waals surface area contributed by atoms with Crippen molar-refractivity contribution in [3.63, 3.8) is 0 Å². The van der Waals surface area contributed by atoms with Gasteiger partial charge in [0.2, 0.25) is 0 Å². The number of furan rings is 1. The summed E-state index contributed by atoms with van der Waals surface area (Å²) in [6, 6.07) is 33.2. The molecule has 0 fully saturated rings. The zero-order valence-corrected chi connectivity index (χ0v) is 23.9. The topological polar surface area (TPSA) is 13.1 Å². The average Bonchev–Trinajstić information content (AvgIpc) is 3.59. The van der Waals surface area contributed by atoms with E-state index in [1.54, 1.807) is 18.2 Å². The van der Waals surface area contributed by atoms with Crippen LogP contribution in [0.2, 0.25) is 0 Å². The van der Waals surface area contributed by atoms with Gasteiger partial charge in [0, 0.05) is 16.3 Å². The van der Waals surface area contributed by atoms with E-state index < -0.39 is 18.1 Å². The number of benzene rings is 8. The summed E-state index contributed by atoms with van der Waals surface area (Å²) in [4.78, 5) is 0. The lowest BCUT2D eigenvalue weighted by Crippen LogP contribution is -1.92. The van der Waals surface area contributed by atoms with E-state index in [4.69, 9.17) is 14.0 Å². The standard InChI is InChI=1S/C44H28O/c1-3-13-29(14-4-1)30-23-25-32(26-24-30)41-34-17-7-9-19-36(34)42(37-20-10-8-18-35(37)41)39-28-27-33(31-15-5-2-6-16-31)44-43(39)38-21-11-12-22-40(38)45-44/h1-28H/i2D,5D,6D,15D,16D,23D,24D,25D,26D. The summed E-state index contributed by atoms with van der Waals surface area (Å²) in [5.41, 5.74) is 4.63. The van der Waals surface area contributed by atoms with Crippen LogP contribution in [0.1, 0.15) is 12.3 Å². The molecule has 0 radical (unpaired) electrons. The molecule has 0 amide bonds. The molecule has 0 atom stereocenters. The average molecular weight is 582 g/mol. The molecule has 9 rings (SSSR count). The van der Waals surface area contributed by atoms with Gasteiger partial charge in [-0.25, -0.2) is 0 Å². The highest BCUT2D eigenvalue weighted by Crippen LogP contribution is 2.48. The molecule has 1 aromatic heterocycles. The van der Waals surface area contributed by atoms with Gasteiger partial charge >= 0.3 is 0 Å². The lowest BCUT2D eigenvalue weighted by Gasteiger charge is -2.19. The molecular weight excluding hydrogens is 544 g/mol. The molecule has 1 heterocycles. The second-order valence-electron chi connectivity index (χ2n) is 10.9. The van der Waals surface area contributed by atoms with Crippen LogP contribution in [0.3, 0.4) is 0 Å². The molecule has 9 aromatic rings. The fraction of sp³-hybridized carbons (Fsp3) is 0. The highest BCUT2D eigenvalue weighted by molar-refractivity contribution is 6.26. The van der Waals surface area contributed by atoms with Gasteiger partial charge in [-0.3, -0.25) is 0 Å². The molecule has 0 spiro atoms. The highest BCUT2D eigenvalue weighted by Gasteiger charge is 2.22. The Kier molecular flexibility index (Phi) is 4.15. The van der Waals surface area contributed by atoms with Crippen molar-refractivity contribution >= 4 is 43.5 Å². The van der Waals surface area contributed by atoms with Crippen molar-refractivity contribution < 1.29 is 16.8 Å². The Labute approximate surface area is 274 Å². The Morgan fingerprint density at radius 3 is 1.58 bits per heavy atom. The monoisotopic (exact) mass is 581 g/mol. The van der Waals surface area contributed by atoms with E-state index >= 15 is 0 Å². The Hall–Kier alpha value is -5.92. The first-order chi connectivity index (χ1) is 26.1. The highest BCUT2D eigenvalue weighted by atomic mass is 16.3. The quantitative estimate of drug-likeness (QED) is 0.188. The maximum Gasteiger partial charge on any atom is 0.143 e. The molecule has 0 saturated heterocycles. The summed E-state index contributed by atoms with van der Waals surface area (Å²) in [6.45, 7) is 0. The van der Waals surface area contributed by atoms with Crippen LogP contribution in [-0.2, 0) is 0 Å². The summed E-state index contributed by atoms with van der Waals surface area (Å²) in [6.07, 6.45) is 0. The van der Waals surface area contributed by atoms with E-state index in [-0.39, 0.29) is 52.9 Å². The number of rotatable bonds is 4. The lowest BCUT2D eigenvalue weighted by molar-refractivity contribution is 0.670. The first-order valence-electron chi connectivity index (χ1n) is 19.2. The predicted molar refractivity (Wildman–Crippen MR) is 190 cm³/mol. The Morgan fingerprint density at radius 2 is 0.911 bits per heavy atom. The van der Waals surface area contributed by atoms with Crippen molar-refractivity contribution in [3.05, 3.63) is 170 Å². The van der Waals surface area contributed by atoms with Gasteiger partial charge in [-0.05, 0) is 72.6 Å². The minimum Gasteiger partial charge on any atom is -0.455 e. The van der Waals surface area contributed by atoms with Gasteiger partial charge < -0.3 is 4.42 Å². The fourth-order valence-corrected chi connectivity index (χ4v) is 6.49. The third-order valence-electron chi connectivity index (χ3n) is 8.43. The van der Waals surface area contributed by atoms with Crippen LogP contribution in [-0.4, -0.2) is 0 Å². The maximum absolute atomic E-state index is 9.32. The van der Waals surface area contributed by atoms with Gasteiger partial charge in [-0.15, -0.1) is 0 Å². The van der Waals surface area contributed by atoms with Crippen molar-refractivity contribution in [1.82, 2.24) is 0 Å². The Morgan fingerprint density at radius 1 is 0.378 bits per heavy atom. The molecule has 0 aliphatic heterocycles. The van der Waals surface area contributed by atoms with Gasteiger partial charge in [-0.2, -0.15) is 0 Å². The van der Waals surface area contributed by atoms with Crippen LogP contribution in [0, 0.1) is 0 Å². The Balaban J connectivity index is 1.41. The van der Waals surface area contributed by atoms with Gasteiger partial charge in [-0.1, -0.05) is 158 Å². The Bertz CT molecular complexity index is 2930. The lowest BCUT2D eigenvalue weighted by atomic mass is 9.84. The molecule has 0 N–H and O–H groups in total. The normalized spacial score (nSPS) is 14.4. The summed E-state index contributed by atoms with van der Waals surface area (Å²) in [7, 11) is 0. The SMILES string of the molecule is [2H]c1c([2H])c([2H])c(-c2ccc(-c3c4ccccc4c(-c4c([2H])c([2H])c(-c5ccccc5)c([2H])c4[2H])c4ccccc34)c3c2oc2ccccc23)c([2H])c1[2H]. The zero-order valence-electron chi connectivity index (χ0n) is 32.9. The zero-order chi connectivity index (χ0) is 37.6. The van der Waals surface area contributed by atoms with E-state index in [2.05, 4.69) is 0 Å². The van der Waals surface area contributed by atoms with E-state index in [0.29, 0.717) is 33.2 Å². The minimum atomic E-state index is -0.472. The van der Waals surface area contributed by atoms with Crippen molar-refractivity contribution in [1.29, 1.82) is 0 Å². The molecule has 1 heteroatoms. The second-order valence-corrected chi connectivity index (χ2v) is 10.9. The summed E-state index contributed by atoms with van der Waals surface area (Å²) < 4.78 is 85.8. The fourth-order valence-electron chi connectivity index (χ4n) is 6.49. The van der Waals surface area contributed by atoms with Crippen LogP contribution < -0.4 is 0 Å². The minimum absolute atomic E-state index is 0.0453. The van der Waals surface area contributed by atoms with E-state index in [0.717, 1.165) is 38.1 Å². The van der Waals surface area contributed by atoms with Gasteiger partial charge in [0.25, 0.3) is 0 Å². The number of hydrogen-bond donors (Lipinski definition) is 0. The molecule has 0 aliphatic rings. The molecular formula is C44H28O. The summed E-state index contributed by atoms with van der Waals surface area (Å²) in [5, 5.41) is 4.55. The number of para-hydroxylation sites is 1. The van der Waals surface area contributed by atoms with Crippen molar-refractivity contribution in [2.24, 2.45) is 0 Å². The number of fused-ring (bicyclic) bond motifs is 5. The predicted octanol–water partition coefficient (Wildman–Crippen LogP) is 12.6. The van der Waals surface area contributed by atoms with Crippen molar-refractivity contribution in [2.75, 3.05) is 0 Å². The van der Waals surface area contributed by atoms with Crippen LogP contribution in [0.25, 0.3) is 88.0 Å². The first-order valence-corrected chi connectivity index (χ1v) is 14.7. The molecule has 210 valence electrons. The van der Waals surface area contributed by atoms with Crippen LogP contribution in [0.15, 0.2) is 174 Å². The largest absolute Gasteiger partial charge is 0.455 e. The number of hydrogen-bond acceptors (Lipinski definition) is 1. The molecule has 0 saturated carbocycles. The molecule has 45 heavy (non-hydrogen) atoms. The second kappa shape index (κ2) is 10.4.